The van der Waals surface area contributed by atoms with Gasteiger partial charge in [0.2, 0.25) is 5.91 Å². The van der Waals surface area contributed by atoms with E-state index >= 15 is 0 Å². The van der Waals surface area contributed by atoms with Crippen LogP contribution < -0.4 is 5.43 Å². The first-order chi connectivity index (χ1) is 14.1. The summed E-state index contributed by atoms with van der Waals surface area (Å²) in [4.78, 5) is 17.9. The molecule has 0 aliphatic rings. The van der Waals surface area contributed by atoms with Crippen LogP contribution in [0.3, 0.4) is 0 Å². The van der Waals surface area contributed by atoms with E-state index in [4.69, 9.17) is 11.6 Å². The first kappa shape index (κ1) is 19.2. The van der Waals surface area contributed by atoms with E-state index in [2.05, 4.69) is 15.5 Å². The molecule has 1 heterocycles. The lowest BCUT2D eigenvalue weighted by Crippen LogP contribution is -2.19. The van der Waals surface area contributed by atoms with Gasteiger partial charge in [-0.05, 0) is 35.9 Å². The van der Waals surface area contributed by atoms with Crippen LogP contribution in [0.2, 0.25) is 5.02 Å². The number of aromatic hydroxyl groups is 1. The highest BCUT2D eigenvalue weighted by Gasteiger charge is 2.12. The number of hydrogen-bond acceptors (Lipinski definition) is 5. The summed E-state index contributed by atoms with van der Waals surface area (Å²) >= 11 is 7.56. The zero-order chi connectivity index (χ0) is 20.2. The molecule has 29 heavy (non-hydrogen) atoms. The largest absolute Gasteiger partial charge is 0.508 e. The number of fused-ring (bicyclic) bond motifs is 2. The van der Waals surface area contributed by atoms with Crippen LogP contribution in [0.5, 0.6) is 5.75 Å². The maximum Gasteiger partial charge on any atom is 0.250 e. The third-order valence-electron chi connectivity index (χ3n) is 4.21. The zero-order valence-electron chi connectivity index (χ0n) is 15.2. The van der Waals surface area contributed by atoms with Gasteiger partial charge < -0.3 is 5.11 Å². The molecule has 7 heteroatoms. The van der Waals surface area contributed by atoms with Gasteiger partial charge in [-0.25, -0.2) is 10.4 Å². The number of amides is 1. The number of para-hydroxylation sites is 1. The molecule has 0 bridgehead atoms. The number of rotatable bonds is 5. The summed E-state index contributed by atoms with van der Waals surface area (Å²) in [7, 11) is 0. The van der Waals surface area contributed by atoms with Gasteiger partial charge in [-0.15, -0.1) is 11.8 Å². The number of halogens is 1. The van der Waals surface area contributed by atoms with Crippen LogP contribution in [-0.4, -0.2) is 28.0 Å². The number of carbonyl (C=O) groups is 1. The number of hydrogen-bond donors (Lipinski definition) is 2. The van der Waals surface area contributed by atoms with Crippen molar-refractivity contribution in [3.05, 3.63) is 77.3 Å². The van der Waals surface area contributed by atoms with Crippen LogP contribution in [0.15, 0.2) is 76.7 Å². The molecule has 0 radical (unpaired) electrons. The molecule has 0 unspecified atom stereocenters. The van der Waals surface area contributed by atoms with E-state index in [9.17, 15) is 9.90 Å². The molecule has 0 fully saturated rings. The van der Waals surface area contributed by atoms with Crippen molar-refractivity contribution >= 4 is 57.3 Å². The standard InChI is InChI=1S/C22H16ClN3O2S/c23-15-8-9-18-20(11-15)25-19-7-2-1-6-17(19)22(18)29-13-21(28)26-24-12-14-4-3-5-16(27)10-14/h1-12,27H,13H2,(H,26,28)/b24-12+. The van der Waals surface area contributed by atoms with E-state index in [1.807, 2.05) is 42.5 Å². The minimum atomic E-state index is -0.227. The fourth-order valence-corrected chi connectivity index (χ4v) is 4.10. The quantitative estimate of drug-likeness (QED) is 0.206. The van der Waals surface area contributed by atoms with Gasteiger partial charge in [0, 0.05) is 20.7 Å². The average Bonchev–Trinajstić information content (AvgIpc) is 2.71. The number of hydrazone groups is 1. The number of aromatic nitrogens is 1. The number of carbonyl (C=O) groups excluding carboxylic acids is 1. The molecular weight excluding hydrogens is 406 g/mol. The third-order valence-corrected chi connectivity index (χ3v) is 5.58. The number of nitrogens with zero attached hydrogens (tertiary/aromatic N) is 2. The molecule has 0 atom stereocenters. The minimum Gasteiger partial charge on any atom is -0.508 e. The van der Waals surface area contributed by atoms with Crippen LogP contribution in [0.4, 0.5) is 0 Å². The van der Waals surface area contributed by atoms with Crippen molar-refractivity contribution in [3.63, 3.8) is 0 Å². The normalized spacial score (nSPS) is 11.3. The monoisotopic (exact) mass is 421 g/mol. The first-order valence-corrected chi connectivity index (χ1v) is 10.2. The Hall–Kier alpha value is -3.09. The maximum absolute atomic E-state index is 12.3. The molecule has 2 N–H and O–H groups in total. The molecular formula is C22H16ClN3O2S. The molecule has 4 rings (SSSR count). The molecule has 1 amide bonds. The Labute approximate surface area is 176 Å². The summed E-state index contributed by atoms with van der Waals surface area (Å²) < 4.78 is 0. The van der Waals surface area contributed by atoms with Crippen molar-refractivity contribution in [2.45, 2.75) is 4.90 Å². The first-order valence-electron chi connectivity index (χ1n) is 8.82. The minimum absolute atomic E-state index is 0.146. The van der Waals surface area contributed by atoms with Gasteiger partial charge in [0.25, 0.3) is 0 Å². The lowest BCUT2D eigenvalue weighted by atomic mass is 10.1. The topological polar surface area (TPSA) is 74.6 Å². The number of nitrogens with one attached hydrogen (secondary N) is 1. The fourth-order valence-electron chi connectivity index (χ4n) is 2.94. The van der Waals surface area contributed by atoms with Gasteiger partial charge in [0.15, 0.2) is 0 Å². The highest BCUT2D eigenvalue weighted by molar-refractivity contribution is 8.00. The van der Waals surface area contributed by atoms with Crippen molar-refractivity contribution in [1.82, 2.24) is 10.4 Å². The number of thioether (sulfide) groups is 1. The highest BCUT2D eigenvalue weighted by Crippen LogP contribution is 2.34. The lowest BCUT2D eigenvalue weighted by Gasteiger charge is -2.10. The van der Waals surface area contributed by atoms with Crippen LogP contribution in [-0.2, 0) is 4.79 Å². The summed E-state index contributed by atoms with van der Waals surface area (Å²) in [5.74, 6) is 0.116. The van der Waals surface area contributed by atoms with E-state index in [0.717, 1.165) is 26.7 Å². The molecule has 4 aromatic rings. The summed E-state index contributed by atoms with van der Waals surface area (Å²) in [5, 5.41) is 16.0. The summed E-state index contributed by atoms with van der Waals surface area (Å²) in [5.41, 5.74) is 4.86. The second-order valence-corrected chi connectivity index (χ2v) is 7.72. The van der Waals surface area contributed by atoms with Crippen molar-refractivity contribution in [1.29, 1.82) is 0 Å². The second-order valence-electron chi connectivity index (χ2n) is 6.30. The Morgan fingerprint density at radius 3 is 2.76 bits per heavy atom. The zero-order valence-corrected chi connectivity index (χ0v) is 16.7. The van der Waals surface area contributed by atoms with E-state index < -0.39 is 0 Å². The second kappa shape index (κ2) is 8.51. The van der Waals surface area contributed by atoms with Crippen LogP contribution >= 0.6 is 23.4 Å². The Morgan fingerprint density at radius 1 is 1.07 bits per heavy atom. The molecule has 0 saturated carbocycles. The molecule has 0 spiro atoms. The molecule has 0 aliphatic carbocycles. The maximum atomic E-state index is 12.3. The predicted molar refractivity (Wildman–Crippen MR) is 119 cm³/mol. The Balaban J connectivity index is 1.53. The molecule has 1 aromatic heterocycles. The molecule has 3 aromatic carbocycles. The van der Waals surface area contributed by atoms with Gasteiger partial charge in [0.1, 0.15) is 5.75 Å². The van der Waals surface area contributed by atoms with Crippen LogP contribution in [0, 0.1) is 0 Å². The predicted octanol–water partition coefficient (Wildman–Crippen LogP) is 4.99. The summed E-state index contributed by atoms with van der Waals surface area (Å²) in [6.45, 7) is 0. The Kier molecular flexibility index (Phi) is 5.64. The third kappa shape index (κ3) is 4.50. The van der Waals surface area contributed by atoms with Crippen molar-refractivity contribution in [2.24, 2.45) is 5.10 Å². The fraction of sp³-hybridized carbons (Fsp3) is 0.0455. The van der Waals surface area contributed by atoms with E-state index in [1.54, 1.807) is 24.3 Å². The van der Waals surface area contributed by atoms with E-state index in [0.29, 0.717) is 10.6 Å². The summed E-state index contributed by atoms with van der Waals surface area (Å²) in [6, 6.07) is 20.0. The number of phenols is 1. The molecule has 0 saturated heterocycles. The number of benzene rings is 3. The van der Waals surface area contributed by atoms with Crippen molar-refractivity contribution in [2.75, 3.05) is 5.75 Å². The Bertz CT molecular complexity index is 1240. The summed E-state index contributed by atoms with van der Waals surface area (Å²) in [6.07, 6.45) is 1.49. The van der Waals surface area contributed by atoms with E-state index in [-0.39, 0.29) is 17.4 Å². The number of pyridine rings is 1. The van der Waals surface area contributed by atoms with Gasteiger partial charge in [-0.1, -0.05) is 48.0 Å². The highest BCUT2D eigenvalue weighted by atomic mass is 35.5. The van der Waals surface area contributed by atoms with E-state index in [1.165, 1.54) is 18.0 Å². The van der Waals surface area contributed by atoms with Crippen molar-refractivity contribution in [3.8, 4) is 5.75 Å². The molecule has 5 nitrogen and oxygen atoms in total. The van der Waals surface area contributed by atoms with Gasteiger partial charge in [-0.3, -0.25) is 4.79 Å². The van der Waals surface area contributed by atoms with Gasteiger partial charge in [0.05, 0.1) is 23.0 Å². The SMILES string of the molecule is O=C(CSc1c2ccccc2nc2cc(Cl)ccc12)N/N=C/c1cccc(O)c1. The smallest absolute Gasteiger partial charge is 0.250 e. The van der Waals surface area contributed by atoms with Crippen LogP contribution in [0.1, 0.15) is 5.56 Å². The average molecular weight is 422 g/mol. The molecule has 144 valence electrons. The van der Waals surface area contributed by atoms with Gasteiger partial charge in [-0.2, -0.15) is 5.10 Å². The van der Waals surface area contributed by atoms with Crippen molar-refractivity contribution < 1.29 is 9.90 Å². The number of phenolic OH excluding ortho intramolecular Hbond substituents is 1. The van der Waals surface area contributed by atoms with Gasteiger partial charge >= 0.3 is 0 Å². The lowest BCUT2D eigenvalue weighted by molar-refractivity contribution is -0.118. The van der Waals surface area contributed by atoms with Crippen LogP contribution in [0.25, 0.3) is 21.8 Å². The molecule has 0 aliphatic heterocycles. The Morgan fingerprint density at radius 2 is 1.90 bits per heavy atom.